The number of nitrogens with one attached hydrogen (secondary N) is 1. The fourth-order valence-corrected chi connectivity index (χ4v) is 3.54. The number of aryl methyl sites for hydroxylation is 2. The van der Waals surface area contributed by atoms with Gasteiger partial charge in [0.1, 0.15) is 17.5 Å². The third kappa shape index (κ3) is 4.91. The van der Waals surface area contributed by atoms with Crippen molar-refractivity contribution in [1.82, 2.24) is 19.9 Å². The van der Waals surface area contributed by atoms with Crippen LogP contribution in [0.5, 0.6) is 5.88 Å². The van der Waals surface area contributed by atoms with Gasteiger partial charge in [0.2, 0.25) is 5.88 Å². The highest BCUT2D eigenvalue weighted by Gasteiger charge is 2.24. The van der Waals surface area contributed by atoms with Crippen molar-refractivity contribution < 1.29 is 9.53 Å². The van der Waals surface area contributed by atoms with Gasteiger partial charge >= 0.3 is 0 Å². The molecule has 4 rings (SSSR count). The molecule has 3 aromatic rings. The van der Waals surface area contributed by atoms with E-state index in [1.165, 1.54) is 5.56 Å². The van der Waals surface area contributed by atoms with E-state index in [2.05, 4.69) is 44.2 Å². The van der Waals surface area contributed by atoms with E-state index in [1.807, 2.05) is 30.0 Å². The van der Waals surface area contributed by atoms with Crippen LogP contribution in [0.3, 0.4) is 0 Å². The summed E-state index contributed by atoms with van der Waals surface area (Å²) < 4.78 is 5.13. The Bertz CT molecular complexity index is 1060. The summed E-state index contributed by atoms with van der Waals surface area (Å²) in [6.07, 6.45) is 1.59. The molecule has 2 aromatic heterocycles. The molecule has 0 spiro atoms. The monoisotopic (exact) mass is 418 g/mol. The first-order valence-electron chi connectivity index (χ1n) is 10.3. The molecule has 1 fully saturated rings. The van der Waals surface area contributed by atoms with E-state index in [1.54, 1.807) is 25.4 Å². The van der Waals surface area contributed by atoms with Gasteiger partial charge in [-0.3, -0.25) is 4.79 Å². The Morgan fingerprint density at radius 1 is 1.00 bits per heavy atom. The van der Waals surface area contributed by atoms with Crippen LogP contribution in [0.25, 0.3) is 0 Å². The Morgan fingerprint density at radius 3 is 2.45 bits per heavy atom. The van der Waals surface area contributed by atoms with E-state index >= 15 is 0 Å². The van der Waals surface area contributed by atoms with Gasteiger partial charge in [-0.2, -0.15) is 0 Å². The minimum Gasteiger partial charge on any atom is -0.481 e. The number of carbonyl (C=O) groups excluding carboxylic acids is 1. The Balaban J connectivity index is 1.43. The number of ether oxygens (including phenoxy) is 1. The molecule has 1 amide bonds. The SMILES string of the molecule is COc1cc(C(=O)N2CCN(c3cc(Nc4ccc(C)cc4)nc(C)n3)CC2)ccn1. The average Bonchev–Trinajstić information content (AvgIpc) is 2.80. The third-order valence-corrected chi connectivity index (χ3v) is 5.23. The molecule has 1 N–H and O–H groups in total. The predicted octanol–water partition coefficient (Wildman–Crippen LogP) is 3.20. The average molecular weight is 419 g/mol. The van der Waals surface area contributed by atoms with Gasteiger partial charge in [0.05, 0.1) is 7.11 Å². The number of hydrogen-bond donors (Lipinski definition) is 1. The number of aromatic nitrogens is 3. The van der Waals surface area contributed by atoms with Gasteiger partial charge in [-0.15, -0.1) is 0 Å². The molecule has 8 heteroatoms. The molecule has 3 heterocycles. The van der Waals surface area contributed by atoms with E-state index in [0.717, 1.165) is 17.3 Å². The second kappa shape index (κ2) is 8.99. The highest BCUT2D eigenvalue weighted by Crippen LogP contribution is 2.22. The van der Waals surface area contributed by atoms with Gasteiger partial charge in [0, 0.05) is 55.8 Å². The molecular weight excluding hydrogens is 392 g/mol. The summed E-state index contributed by atoms with van der Waals surface area (Å²) in [7, 11) is 1.54. The first-order valence-corrected chi connectivity index (χ1v) is 10.3. The summed E-state index contributed by atoms with van der Waals surface area (Å²) in [5.74, 6) is 2.75. The normalized spacial score (nSPS) is 13.8. The van der Waals surface area contributed by atoms with Gasteiger partial charge in [-0.25, -0.2) is 15.0 Å². The van der Waals surface area contributed by atoms with Crippen LogP contribution in [0.1, 0.15) is 21.7 Å². The van der Waals surface area contributed by atoms with Crippen LogP contribution in [0.4, 0.5) is 17.3 Å². The molecule has 0 aliphatic carbocycles. The minimum absolute atomic E-state index is 0.0130. The van der Waals surface area contributed by atoms with Crippen molar-refractivity contribution in [1.29, 1.82) is 0 Å². The zero-order chi connectivity index (χ0) is 21.8. The zero-order valence-electron chi connectivity index (χ0n) is 18.0. The van der Waals surface area contributed by atoms with Crippen LogP contribution in [0, 0.1) is 13.8 Å². The van der Waals surface area contributed by atoms with Crippen molar-refractivity contribution >= 4 is 23.2 Å². The third-order valence-electron chi connectivity index (χ3n) is 5.23. The lowest BCUT2D eigenvalue weighted by Gasteiger charge is -2.35. The van der Waals surface area contributed by atoms with Crippen LogP contribution in [-0.4, -0.2) is 59.0 Å². The molecule has 0 saturated carbocycles. The maximum absolute atomic E-state index is 12.8. The second-order valence-electron chi connectivity index (χ2n) is 7.52. The van der Waals surface area contributed by atoms with Crippen molar-refractivity contribution in [2.24, 2.45) is 0 Å². The quantitative estimate of drug-likeness (QED) is 0.681. The van der Waals surface area contributed by atoms with Crippen molar-refractivity contribution in [2.75, 3.05) is 43.5 Å². The van der Waals surface area contributed by atoms with Crippen molar-refractivity contribution in [3.8, 4) is 5.88 Å². The number of carbonyl (C=O) groups is 1. The van der Waals surface area contributed by atoms with Crippen LogP contribution < -0.4 is 15.0 Å². The lowest BCUT2D eigenvalue weighted by atomic mass is 10.2. The molecule has 8 nitrogen and oxygen atoms in total. The number of piperazine rings is 1. The molecule has 160 valence electrons. The number of hydrogen-bond acceptors (Lipinski definition) is 7. The first-order chi connectivity index (χ1) is 15.0. The van der Waals surface area contributed by atoms with Gasteiger partial charge in [-0.05, 0) is 32.0 Å². The summed E-state index contributed by atoms with van der Waals surface area (Å²) in [4.78, 5) is 30.1. The lowest BCUT2D eigenvalue weighted by Crippen LogP contribution is -2.49. The molecular formula is C23H26N6O2. The van der Waals surface area contributed by atoms with Gasteiger partial charge in [0.15, 0.2) is 0 Å². The summed E-state index contributed by atoms with van der Waals surface area (Å²) in [6, 6.07) is 13.5. The van der Waals surface area contributed by atoms with Crippen molar-refractivity contribution in [2.45, 2.75) is 13.8 Å². The van der Waals surface area contributed by atoms with Gasteiger partial charge < -0.3 is 19.9 Å². The van der Waals surface area contributed by atoms with Crippen LogP contribution >= 0.6 is 0 Å². The largest absolute Gasteiger partial charge is 0.481 e. The topological polar surface area (TPSA) is 83.5 Å². The maximum atomic E-state index is 12.8. The smallest absolute Gasteiger partial charge is 0.254 e. The summed E-state index contributed by atoms with van der Waals surface area (Å²) in [5, 5.41) is 3.35. The molecule has 0 bridgehead atoms. The number of rotatable bonds is 5. The summed E-state index contributed by atoms with van der Waals surface area (Å²) >= 11 is 0. The summed E-state index contributed by atoms with van der Waals surface area (Å²) in [5.41, 5.74) is 2.78. The molecule has 1 aliphatic rings. The van der Waals surface area contributed by atoms with Gasteiger partial charge in [-0.1, -0.05) is 17.7 Å². The second-order valence-corrected chi connectivity index (χ2v) is 7.52. The Hall–Kier alpha value is -3.68. The number of methoxy groups -OCH3 is 1. The predicted molar refractivity (Wildman–Crippen MR) is 120 cm³/mol. The van der Waals surface area contributed by atoms with E-state index in [0.29, 0.717) is 43.4 Å². The van der Waals surface area contributed by atoms with E-state index in [4.69, 9.17) is 4.74 Å². The Kier molecular flexibility index (Phi) is 5.97. The highest BCUT2D eigenvalue weighted by atomic mass is 16.5. The number of benzene rings is 1. The molecule has 1 aliphatic heterocycles. The fourth-order valence-electron chi connectivity index (χ4n) is 3.54. The molecule has 0 unspecified atom stereocenters. The molecule has 1 aromatic carbocycles. The number of pyridine rings is 1. The van der Waals surface area contributed by atoms with Crippen molar-refractivity contribution in [3.63, 3.8) is 0 Å². The molecule has 0 radical (unpaired) electrons. The molecule has 1 saturated heterocycles. The number of anilines is 3. The fraction of sp³-hybridized carbons (Fsp3) is 0.304. The molecule has 0 atom stereocenters. The van der Waals surface area contributed by atoms with Crippen LogP contribution in [0.15, 0.2) is 48.7 Å². The highest BCUT2D eigenvalue weighted by molar-refractivity contribution is 5.94. The van der Waals surface area contributed by atoms with Crippen molar-refractivity contribution in [3.05, 3.63) is 65.6 Å². The van der Waals surface area contributed by atoms with Crippen LogP contribution in [0.2, 0.25) is 0 Å². The number of amides is 1. The Morgan fingerprint density at radius 2 is 1.74 bits per heavy atom. The Labute approximate surface area is 181 Å². The van der Waals surface area contributed by atoms with Gasteiger partial charge in [0.25, 0.3) is 5.91 Å². The summed E-state index contributed by atoms with van der Waals surface area (Å²) in [6.45, 7) is 6.59. The van der Waals surface area contributed by atoms with E-state index in [-0.39, 0.29) is 5.91 Å². The molecule has 31 heavy (non-hydrogen) atoms. The standard InChI is InChI=1S/C23H26N6O2/c1-16-4-6-19(7-5-16)27-20-15-21(26-17(2)25-20)28-10-12-29(13-11-28)23(30)18-8-9-24-22(14-18)31-3/h4-9,14-15H,10-13H2,1-3H3,(H,25,26,27). The minimum atomic E-state index is -0.0130. The number of nitrogens with zero attached hydrogens (tertiary/aromatic N) is 5. The maximum Gasteiger partial charge on any atom is 0.254 e. The van der Waals surface area contributed by atoms with E-state index < -0.39 is 0 Å². The van der Waals surface area contributed by atoms with E-state index in [9.17, 15) is 4.79 Å². The lowest BCUT2D eigenvalue weighted by molar-refractivity contribution is 0.0746. The zero-order valence-corrected chi connectivity index (χ0v) is 18.0. The van der Waals surface area contributed by atoms with Crippen LogP contribution in [-0.2, 0) is 0 Å². The first kappa shape index (κ1) is 20.6.